The van der Waals surface area contributed by atoms with Crippen molar-refractivity contribution < 1.29 is 19.1 Å². The minimum Gasteiger partial charge on any atom is -0.493 e. The first-order valence-electron chi connectivity index (χ1n) is 10.6. The number of amides is 2. The standard InChI is InChI=1S/C24H28ClN3O4/c1-3-12-32-23-18(25)13-16(14-21(23)31-2)6-9-22(29)27-19-15-17(24(26)30)7-8-20(19)28-10-4-5-11-28/h6-9,13-15H,3-5,10-12H2,1-2H3,(H2,26,30)(H,27,29)/b9-6+. The van der Waals surface area contributed by atoms with Crippen LogP contribution in [0.25, 0.3) is 6.08 Å². The van der Waals surface area contributed by atoms with Gasteiger partial charge in [-0.3, -0.25) is 9.59 Å². The number of anilines is 2. The summed E-state index contributed by atoms with van der Waals surface area (Å²) >= 11 is 6.35. The highest BCUT2D eigenvalue weighted by atomic mass is 35.5. The SMILES string of the molecule is CCCOc1c(Cl)cc(/C=C/C(=O)Nc2cc(C(N)=O)ccc2N2CCCC2)cc1OC. The van der Waals surface area contributed by atoms with Crippen LogP contribution >= 0.6 is 11.6 Å². The maximum atomic E-state index is 12.7. The molecule has 0 unspecified atom stereocenters. The maximum absolute atomic E-state index is 12.7. The normalized spacial score (nSPS) is 13.4. The number of ether oxygens (including phenoxy) is 2. The summed E-state index contributed by atoms with van der Waals surface area (Å²) in [7, 11) is 1.54. The van der Waals surface area contributed by atoms with Crippen molar-refractivity contribution >= 4 is 40.9 Å². The van der Waals surface area contributed by atoms with Gasteiger partial charge in [0.1, 0.15) is 0 Å². The van der Waals surface area contributed by atoms with Crippen LogP contribution in [0.2, 0.25) is 5.02 Å². The molecule has 0 radical (unpaired) electrons. The molecular weight excluding hydrogens is 430 g/mol. The number of halogens is 1. The summed E-state index contributed by atoms with van der Waals surface area (Å²) in [5.41, 5.74) is 7.88. The molecule has 8 heteroatoms. The first kappa shape index (κ1) is 23.5. The third-order valence-electron chi connectivity index (χ3n) is 5.12. The number of rotatable bonds is 9. The highest BCUT2D eigenvalue weighted by molar-refractivity contribution is 6.32. The van der Waals surface area contributed by atoms with E-state index >= 15 is 0 Å². The fourth-order valence-corrected chi connectivity index (χ4v) is 3.82. The molecule has 1 aliphatic heterocycles. The number of benzene rings is 2. The molecule has 32 heavy (non-hydrogen) atoms. The molecule has 1 aliphatic rings. The zero-order chi connectivity index (χ0) is 23.1. The highest BCUT2D eigenvalue weighted by Gasteiger charge is 2.18. The lowest BCUT2D eigenvalue weighted by molar-refractivity contribution is -0.111. The molecule has 1 heterocycles. The van der Waals surface area contributed by atoms with Gasteiger partial charge < -0.3 is 25.4 Å². The second-order valence-electron chi connectivity index (χ2n) is 7.50. The smallest absolute Gasteiger partial charge is 0.248 e. The lowest BCUT2D eigenvalue weighted by atomic mass is 10.1. The Morgan fingerprint density at radius 1 is 1.22 bits per heavy atom. The summed E-state index contributed by atoms with van der Waals surface area (Å²) in [6, 6.07) is 8.58. The highest BCUT2D eigenvalue weighted by Crippen LogP contribution is 2.37. The van der Waals surface area contributed by atoms with Gasteiger partial charge in [-0.2, -0.15) is 0 Å². The minimum atomic E-state index is -0.545. The van der Waals surface area contributed by atoms with Gasteiger partial charge in [-0.15, -0.1) is 0 Å². The molecule has 2 aromatic rings. The van der Waals surface area contributed by atoms with E-state index in [1.54, 1.807) is 30.3 Å². The second-order valence-corrected chi connectivity index (χ2v) is 7.90. The molecule has 2 aromatic carbocycles. The largest absolute Gasteiger partial charge is 0.493 e. The Morgan fingerprint density at radius 3 is 2.62 bits per heavy atom. The third kappa shape index (κ3) is 5.73. The lowest BCUT2D eigenvalue weighted by Crippen LogP contribution is -2.21. The van der Waals surface area contributed by atoms with Crippen LogP contribution in [-0.4, -0.2) is 38.6 Å². The average Bonchev–Trinajstić information content (AvgIpc) is 3.31. The molecule has 3 rings (SSSR count). The van der Waals surface area contributed by atoms with Gasteiger partial charge in [0.05, 0.1) is 30.1 Å². The third-order valence-corrected chi connectivity index (χ3v) is 5.40. The number of nitrogens with two attached hydrogens (primary N) is 1. The molecular formula is C24H28ClN3O4. The van der Waals surface area contributed by atoms with Crippen LogP contribution in [0, 0.1) is 0 Å². The van der Waals surface area contributed by atoms with Crippen molar-refractivity contribution in [2.75, 3.05) is 37.0 Å². The number of carbonyl (C=O) groups is 2. The van der Waals surface area contributed by atoms with E-state index in [0.29, 0.717) is 39.9 Å². The molecule has 7 nitrogen and oxygen atoms in total. The number of carbonyl (C=O) groups excluding carboxylic acids is 2. The van der Waals surface area contributed by atoms with Crippen molar-refractivity contribution in [3.05, 3.63) is 52.6 Å². The zero-order valence-corrected chi connectivity index (χ0v) is 19.1. The van der Waals surface area contributed by atoms with Gasteiger partial charge in [0.25, 0.3) is 0 Å². The van der Waals surface area contributed by atoms with Crippen LogP contribution in [0.3, 0.4) is 0 Å². The van der Waals surface area contributed by atoms with Gasteiger partial charge in [-0.1, -0.05) is 18.5 Å². The molecule has 0 bridgehead atoms. The van der Waals surface area contributed by atoms with Crippen LogP contribution in [0.4, 0.5) is 11.4 Å². The van der Waals surface area contributed by atoms with Crippen molar-refractivity contribution in [3.63, 3.8) is 0 Å². The van der Waals surface area contributed by atoms with E-state index < -0.39 is 5.91 Å². The van der Waals surface area contributed by atoms with Gasteiger partial charge in [0.2, 0.25) is 11.8 Å². The van der Waals surface area contributed by atoms with Gasteiger partial charge in [-0.05, 0) is 61.2 Å². The maximum Gasteiger partial charge on any atom is 0.248 e. The Labute approximate surface area is 193 Å². The van der Waals surface area contributed by atoms with Gasteiger partial charge in [0, 0.05) is 24.7 Å². The molecule has 0 spiro atoms. The second kappa shape index (κ2) is 10.9. The van der Waals surface area contributed by atoms with E-state index in [4.69, 9.17) is 26.8 Å². The average molecular weight is 458 g/mol. The van der Waals surface area contributed by atoms with Gasteiger partial charge >= 0.3 is 0 Å². The Morgan fingerprint density at radius 2 is 1.97 bits per heavy atom. The molecule has 1 fully saturated rings. The molecule has 1 saturated heterocycles. The Hall–Kier alpha value is -3.19. The quantitative estimate of drug-likeness (QED) is 0.541. The molecule has 0 atom stereocenters. The van der Waals surface area contributed by atoms with Crippen LogP contribution in [0.1, 0.15) is 42.1 Å². The number of nitrogens with one attached hydrogen (secondary N) is 1. The summed E-state index contributed by atoms with van der Waals surface area (Å²) < 4.78 is 11.0. The van der Waals surface area contributed by atoms with Crippen LogP contribution in [0.15, 0.2) is 36.4 Å². The monoisotopic (exact) mass is 457 g/mol. The summed E-state index contributed by atoms with van der Waals surface area (Å²) in [5, 5.41) is 3.28. The number of nitrogens with zero attached hydrogens (tertiary/aromatic N) is 1. The van der Waals surface area contributed by atoms with Crippen molar-refractivity contribution in [3.8, 4) is 11.5 Å². The number of hydrogen-bond donors (Lipinski definition) is 2. The lowest BCUT2D eigenvalue weighted by Gasteiger charge is -2.22. The Kier molecular flexibility index (Phi) is 8.00. The molecule has 0 saturated carbocycles. The predicted molar refractivity (Wildman–Crippen MR) is 128 cm³/mol. The number of hydrogen-bond acceptors (Lipinski definition) is 5. The van der Waals surface area contributed by atoms with Crippen molar-refractivity contribution in [1.82, 2.24) is 0 Å². The van der Waals surface area contributed by atoms with E-state index in [1.807, 2.05) is 13.0 Å². The first-order valence-corrected chi connectivity index (χ1v) is 11.0. The topological polar surface area (TPSA) is 93.9 Å². The summed E-state index contributed by atoms with van der Waals surface area (Å²) in [4.78, 5) is 26.5. The molecule has 0 aromatic heterocycles. The van der Waals surface area contributed by atoms with Crippen molar-refractivity contribution in [1.29, 1.82) is 0 Å². The number of methoxy groups -OCH3 is 1. The van der Waals surface area contributed by atoms with Crippen LogP contribution in [-0.2, 0) is 4.79 Å². The molecule has 3 N–H and O–H groups in total. The molecule has 2 amide bonds. The Bertz CT molecular complexity index is 1020. The van der Waals surface area contributed by atoms with Crippen molar-refractivity contribution in [2.24, 2.45) is 5.73 Å². The summed E-state index contributed by atoms with van der Waals surface area (Å²) in [6.07, 6.45) is 6.07. The summed E-state index contributed by atoms with van der Waals surface area (Å²) in [5.74, 6) is 0.0947. The molecule has 0 aliphatic carbocycles. The van der Waals surface area contributed by atoms with E-state index in [-0.39, 0.29) is 5.91 Å². The first-order chi connectivity index (χ1) is 15.4. The van der Waals surface area contributed by atoms with Gasteiger partial charge in [0.15, 0.2) is 11.5 Å². The zero-order valence-electron chi connectivity index (χ0n) is 18.3. The Balaban J connectivity index is 1.80. The van der Waals surface area contributed by atoms with Crippen LogP contribution < -0.4 is 25.4 Å². The minimum absolute atomic E-state index is 0.339. The summed E-state index contributed by atoms with van der Waals surface area (Å²) in [6.45, 7) is 4.33. The fraction of sp³-hybridized carbons (Fsp3) is 0.333. The van der Waals surface area contributed by atoms with E-state index in [2.05, 4.69) is 10.2 Å². The fourth-order valence-electron chi connectivity index (χ4n) is 3.55. The molecule has 170 valence electrons. The van der Waals surface area contributed by atoms with Crippen molar-refractivity contribution in [2.45, 2.75) is 26.2 Å². The van der Waals surface area contributed by atoms with E-state index in [0.717, 1.165) is 38.0 Å². The van der Waals surface area contributed by atoms with Gasteiger partial charge in [-0.25, -0.2) is 0 Å². The predicted octanol–water partition coefficient (Wildman–Crippen LogP) is 4.49. The van der Waals surface area contributed by atoms with Crippen LogP contribution in [0.5, 0.6) is 11.5 Å². The van der Waals surface area contributed by atoms with E-state index in [9.17, 15) is 9.59 Å². The number of primary amides is 1. The van der Waals surface area contributed by atoms with E-state index in [1.165, 1.54) is 13.2 Å².